The molecule has 2 aromatic rings. The minimum Gasteiger partial charge on any atom is -0.361 e. The Hall–Kier alpha value is -1.70. The zero-order valence-electron chi connectivity index (χ0n) is 12.2. The fraction of sp³-hybridized carbons (Fsp3) is 0.615. The molecule has 2 aromatic heterocycles. The molecule has 21 heavy (non-hydrogen) atoms. The van der Waals surface area contributed by atoms with Gasteiger partial charge in [0.1, 0.15) is 6.33 Å². The highest BCUT2D eigenvalue weighted by Gasteiger charge is 2.25. The highest BCUT2D eigenvalue weighted by Crippen LogP contribution is 2.24. The quantitative estimate of drug-likeness (QED) is 0.831. The number of anilines is 1. The maximum Gasteiger partial charge on any atom is 0.165 e. The molecule has 0 saturated carbocycles. The molecule has 0 N–H and O–H groups in total. The minimum absolute atomic E-state index is 0.138. The molecule has 3 rings (SSSR count). The summed E-state index contributed by atoms with van der Waals surface area (Å²) in [6, 6.07) is 0. The van der Waals surface area contributed by atoms with Crippen molar-refractivity contribution in [1.29, 1.82) is 0 Å². The third kappa shape index (κ3) is 2.85. The number of imidazole rings is 1. The van der Waals surface area contributed by atoms with E-state index in [1.54, 1.807) is 6.33 Å². The van der Waals surface area contributed by atoms with Crippen molar-refractivity contribution < 1.29 is 8.42 Å². The second-order valence-corrected chi connectivity index (χ2v) is 8.01. The standard InChI is InChI=1S/C13H19N5O2S/c1-17(2)12-11-13(15-8-14-12)18(9-16-11)6-10-4-3-5-21(19,20)7-10/h8-10H,3-7H2,1-2H3. The first-order chi connectivity index (χ1) is 9.96. The van der Waals surface area contributed by atoms with E-state index in [0.717, 1.165) is 29.8 Å². The minimum atomic E-state index is -2.88. The third-order valence-electron chi connectivity index (χ3n) is 3.82. The van der Waals surface area contributed by atoms with Crippen molar-refractivity contribution in [2.24, 2.45) is 5.92 Å². The summed E-state index contributed by atoms with van der Waals surface area (Å²) in [7, 11) is 0.938. The van der Waals surface area contributed by atoms with Gasteiger partial charge in [-0.2, -0.15) is 0 Å². The predicted octanol–water partition coefficient (Wildman–Crippen LogP) is 0.717. The Bertz CT molecular complexity index is 753. The Morgan fingerprint density at radius 1 is 1.33 bits per heavy atom. The van der Waals surface area contributed by atoms with Crippen LogP contribution in [-0.2, 0) is 16.4 Å². The summed E-state index contributed by atoms with van der Waals surface area (Å²) in [5.74, 6) is 1.49. The van der Waals surface area contributed by atoms with Crippen molar-refractivity contribution in [3.8, 4) is 0 Å². The van der Waals surface area contributed by atoms with Crippen LogP contribution in [0.1, 0.15) is 12.8 Å². The van der Waals surface area contributed by atoms with Gasteiger partial charge in [0.2, 0.25) is 0 Å². The van der Waals surface area contributed by atoms with Crippen LogP contribution in [0.25, 0.3) is 11.2 Å². The highest BCUT2D eigenvalue weighted by molar-refractivity contribution is 7.91. The summed E-state index contributed by atoms with van der Waals surface area (Å²) in [6.07, 6.45) is 4.93. The molecule has 7 nitrogen and oxygen atoms in total. The number of nitrogens with zero attached hydrogens (tertiary/aromatic N) is 5. The van der Waals surface area contributed by atoms with E-state index in [1.165, 1.54) is 6.33 Å². The number of rotatable bonds is 3. The molecular formula is C13H19N5O2S. The van der Waals surface area contributed by atoms with Gasteiger partial charge in [-0.1, -0.05) is 0 Å². The number of hydrogen-bond acceptors (Lipinski definition) is 6. The molecule has 1 aliphatic rings. The largest absolute Gasteiger partial charge is 0.361 e. The zero-order chi connectivity index (χ0) is 15.0. The van der Waals surface area contributed by atoms with E-state index in [2.05, 4.69) is 15.0 Å². The number of fused-ring (bicyclic) bond motifs is 1. The Morgan fingerprint density at radius 2 is 2.14 bits per heavy atom. The molecule has 0 bridgehead atoms. The van der Waals surface area contributed by atoms with Crippen LogP contribution in [0, 0.1) is 5.92 Å². The molecule has 0 aliphatic carbocycles. The molecule has 1 fully saturated rings. The fourth-order valence-corrected chi connectivity index (χ4v) is 4.63. The van der Waals surface area contributed by atoms with Gasteiger partial charge in [0.05, 0.1) is 17.8 Å². The average molecular weight is 309 g/mol. The van der Waals surface area contributed by atoms with E-state index in [-0.39, 0.29) is 11.7 Å². The summed E-state index contributed by atoms with van der Waals surface area (Å²) in [5, 5.41) is 0. The molecule has 0 radical (unpaired) electrons. The summed E-state index contributed by atoms with van der Waals surface area (Å²) in [4.78, 5) is 14.8. The van der Waals surface area contributed by atoms with Crippen LogP contribution >= 0.6 is 0 Å². The molecule has 1 saturated heterocycles. The van der Waals surface area contributed by atoms with Crippen LogP contribution in [0.4, 0.5) is 5.82 Å². The first-order valence-electron chi connectivity index (χ1n) is 7.00. The van der Waals surface area contributed by atoms with Crippen LogP contribution < -0.4 is 4.90 Å². The van der Waals surface area contributed by atoms with E-state index in [4.69, 9.17) is 0 Å². The summed E-state index contributed by atoms with van der Waals surface area (Å²) in [5.41, 5.74) is 1.51. The smallest absolute Gasteiger partial charge is 0.165 e. The Balaban J connectivity index is 1.90. The van der Waals surface area contributed by atoms with E-state index in [9.17, 15) is 8.42 Å². The SMILES string of the molecule is CN(C)c1ncnc2c1ncn2CC1CCCS(=O)(=O)C1. The van der Waals surface area contributed by atoms with Crippen LogP contribution in [-0.4, -0.2) is 53.5 Å². The van der Waals surface area contributed by atoms with Gasteiger partial charge in [0.25, 0.3) is 0 Å². The van der Waals surface area contributed by atoms with Gasteiger partial charge < -0.3 is 9.47 Å². The second-order valence-electron chi connectivity index (χ2n) is 5.78. The molecule has 3 heterocycles. The lowest BCUT2D eigenvalue weighted by molar-refractivity contribution is 0.430. The van der Waals surface area contributed by atoms with Gasteiger partial charge in [-0.25, -0.2) is 23.4 Å². The molecule has 0 amide bonds. The van der Waals surface area contributed by atoms with Gasteiger partial charge in [0, 0.05) is 20.6 Å². The monoisotopic (exact) mass is 309 g/mol. The Morgan fingerprint density at radius 3 is 2.86 bits per heavy atom. The first kappa shape index (κ1) is 14.2. The maximum absolute atomic E-state index is 11.7. The number of sulfone groups is 1. The summed E-state index contributed by atoms with van der Waals surface area (Å²) in [6.45, 7) is 0.639. The molecular weight excluding hydrogens is 290 g/mol. The van der Waals surface area contributed by atoms with Crippen molar-refractivity contribution in [3.05, 3.63) is 12.7 Å². The van der Waals surface area contributed by atoms with Crippen LogP contribution in [0.5, 0.6) is 0 Å². The first-order valence-corrected chi connectivity index (χ1v) is 8.82. The maximum atomic E-state index is 11.7. The van der Waals surface area contributed by atoms with Gasteiger partial charge in [-0.15, -0.1) is 0 Å². The van der Waals surface area contributed by atoms with Crippen molar-refractivity contribution in [2.75, 3.05) is 30.5 Å². The lowest BCUT2D eigenvalue weighted by Gasteiger charge is -2.22. The summed E-state index contributed by atoms with van der Waals surface area (Å²) < 4.78 is 25.4. The van der Waals surface area contributed by atoms with Crippen molar-refractivity contribution in [2.45, 2.75) is 19.4 Å². The van der Waals surface area contributed by atoms with E-state index in [1.807, 2.05) is 23.6 Å². The molecule has 1 unspecified atom stereocenters. The van der Waals surface area contributed by atoms with Crippen molar-refractivity contribution in [1.82, 2.24) is 19.5 Å². The van der Waals surface area contributed by atoms with E-state index >= 15 is 0 Å². The molecule has 0 spiro atoms. The number of aromatic nitrogens is 4. The van der Waals surface area contributed by atoms with Gasteiger partial charge >= 0.3 is 0 Å². The summed E-state index contributed by atoms with van der Waals surface area (Å²) >= 11 is 0. The zero-order valence-corrected chi connectivity index (χ0v) is 13.0. The lowest BCUT2D eigenvalue weighted by atomic mass is 10.1. The Kier molecular flexibility index (Phi) is 3.56. The van der Waals surface area contributed by atoms with Gasteiger partial charge in [-0.3, -0.25) is 0 Å². The predicted molar refractivity (Wildman–Crippen MR) is 81.0 cm³/mol. The Labute approximate surface area is 123 Å². The highest BCUT2D eigenvalue weighted by atomic mass is 32.2. The lowest BCUT2D eigenvalue weighted by Crippen LogP contribution is -2.28. The number of hydrogen-bond donors (Lipinski definition) is 0. The van der Waals surface area contributed by atoms with Gasteiger partial charge in [-0.05, 0) is 18.8 Å². The topological polar surface area (TPSA) is 81.0 Å². The molecule has 1 aliphatic heterocycles. The van der Waals surface area contributed by atoms with Crippen LogP contribution in [0.3, 0.4) is 0 Å². The fourth-order valence-electron chi connectivity index (χ4n) is 2.87. The normalized spacial score (nSPS) is 21.5. The van der Waals surface area contributed by atoms with Crippen LogP contribution in [0.2, 0.25) is 0 Å². The van der Waals surface area contributed by atoms with E-state index < -0.39 is 9.84 Å². The van der Waals surface area contributed by atoms with Crippen molar-refractivity contribution >= 4 is 26.8 Å². The molecule has 0 aromatic carbocycles. The molecule has 8 heteroatoms. The van der Waals surface area contributed by atoms with Crippen LogP contribution in [0.15, 0.2) is 12.7 Å². The molecule has 1 atom stereocenters. The van der Waals surface area contributed by atoms with Crippen molar-refractivity contribution in [3.63, 3.8) is 0 Å². The second kappa shape index (κ2) is 5.25. The molecule has 114 valence electrons. The third-order valence-corrected chi connectivity index (χ3v) is 5.71. The van der Waals surface area contributed by atoms with Gasteiger partial charge in [0.15, 0.2) is 26.8 Å². The average Bonchev–Trinajstić information content (AvgIpc) is 2.80. The van der Waals surface area contributed by atoms with E-state index in [0.29, 0.717) is 12.3 Å².